The molecule has 1 aromatic carbocycles. The van der Waals surface area contributed by atoms with Crippen LogP contribution in [0.1, 0.15) is 49.3 Å². The summed E-state index contributed by atoms with van der Waals surface area (Å²) in [7, 11) is 0. The van der Waals surface area contributed by atoms with E-state index in [-0.39, 0.29) is 17.8 Å². The van der Waals surface area contributed by atoms with Gasteiger partial charge < -0.3 is 10.1 Å². The van der Waals surface area contributed by atoms with Gasteiger partial charge in [-0.2, -0.15) is 0 Å². The maximum absolute atomic E-state index is 12.3. The van der Waals surface area contributed by atoms with E-state index in [1.807, 2.05) is 32.9 Å². The van der Waals surface area contributed by atoms with Gasteiger partial charge in [0.25, 0.3) is 5.91 Å². The number of hydrogen-bond acceptors (Lipinski definition) is 3. The Kier molecular flexibility index (Phi) is 5.22. The summed E-state index contributed by atoms with van der Waals surface area (Å²) in [5.41, 5.74) is 3.99. The van der Waals surface area contributed by atoms with Crippen molar-refractivity contribution in [1.29, 1.82) is 0 Å². The molecule has 0 bridgehead atoms. The maximum Gasteiger partial charge on any atom is 0.309 e. The average Bonchev–Trinajstić information content (AvgIpc) is 2.96. The first-order valence-electron chi connectivity index (χ1n) is 7.97. The fraction of sp³-hybridized carbons (Fsp3) is 0.556. The number of carbonyl (C=O) groups excluding carboxylic acids is 2. The lowest BCUT2D eigenvalue weighted by Gasteiger charge is -2.18. The Morgan fingerprint density at radius 1 is 1.14 bits per heavy atom. The number of carbonyl (C=O) groups is 2. The maximum atomic E-state index is 12.3. The van der Waals surface area contributed by atoms with E-state index in [0.29, 0.717) is 0 Å². The fourth-order valence-corrected chi connectivity index (χ4v) is 3.09. The van der Waals surface area contributed by atoms with Gasteiger partial charge in [-0.3, -0.25) is 9.59 Å². The Hall–Kier alpha value is -1.84. The smallest absolute Gasteiger partial charge is 0.309 e. The molecule has 4 nitrogen and oxygen atoms in total. The second-order valence-electron chi connectivity index (χ2n) is 6.32. The van der Waals surface area contributed by atoms with E-state index < -0.39 is 6.10 Å². The summed E-state index contributed by atoms with van der Waals surface area (Å²) >= 11 is 0. The SMILES string of the molecule is Cc1cc(C)c(NC(=O)[C@@H](C)OC(=O)C2CCCC2)c(C)c1. The van der Waals surface area contributed by atoms with Crippen molar-refractivity contribution in [3.8, 4) is 0 Å². The van der Waals surface area contributed by atoms with Crippen molar-refractivity contribution in [2.24, 2.45) is 5.92 Å². The van der Waals surface area contributed by atoms with Crippen LogP contribution in [0.4, 0.5) is 5.69 Å². The van der Waals surface area contributed by atoms with Gasteiger partial charge in [-0.25, -0.2) is 0 Å². The Labute approximate surface area is 132 Å². The lowest BCUT2D eigenvalue weighted by Crippen LogP contribution is -2.32. The van der Waals surface area contributed by atoms with E-state index in [9.17, 15) is 9.59 Å². The van der Waals surface area contributed by atoms with Crippen molar-refractivity contribution in [3.05, 3.63) is 28.8 Å². The molecule has 1 fully saturated rings. The second-order valence-corrected chi connectivity index (χ2v) is 6.32. The molecule has 1 N–H and O–H groups in total. The molecular formula is C18H25NO3. The van der Waals surface area contributed by atoms with E-state index in [1.54, 1.807) is 6.92 Å². The molecular weight excluding hydrogens is 278 g/mol. The van der Waals surface area contributed by atoms with E-state index in [0.717, 1.165) is 48.1 Å². The second kappa shape index (κ2) is 6.95. The highest BCUT2D eigenvalue weighted by atomic mass is 16.5. The largest absolute Gasteiger partial charge is 0.452 e. The van der Waals surface area contributed by atoms with Crippen LogP contribution in [0.5, 0.6) is 0 Å². The predicted molar refractivity (Wildman–Crippen MR) is 86.8 cm³/mol. The topological polar surface area (TPSA) is 55.4 Å². The molecule has 0 saturated heterocycles. The molecule has 4 heteroatoms. The van der Waals surface area contributed by atoms with Crippen LogP contribution in [0.15, 0.2) is 12.1 Å². The van der Waals surface area contributed by atoms with Crippen molar-refractivity contribution >= 4 is 17.6 Å². The van der Waals surface area contributed by atoms with Crippen molar-refractivity contribution < 1.29 is 14.3 Å². The molecule has 0 aliphatic heterocycles. The Morgan fingerprint density at radius 3 is 2.23 bits per heavy atom. The number of ether oxygens (including phenoxy) is 1. The van der Waals surface area contributed by atoms with E-state index >= 15 is 0 Å². The molecule has 1 amide bonds. The number of nitrogens with one attached hydrogen (secondary N) is 1. The molecule has 0 aromatic heterocycles. The zero-order valence-electron chi connectivity index (χ0n) is 13.9. The molecule has 0 unspecified atom stereocenters. The Bertz CT molecular complexity index is 551. The normalized spacial score (nSPS) is 16.4. The number of rotatable bonds is 4. The van der Waals surface area contributed by atoms with Crippen LogP contribution in [0.3, 0.4) is 0 Å². The van der Waals surface area contributed by atoms with Crippen LogP contribution >= 0.6 is 0 Å². The highest BCUT2D eigenvalue weighted by Crippen LogP contribution is 2.26. The minimum Gasteiger partial charge on any atom is -0.452 e. The quantitative estimate of drug-likeness (QED) is 0.863. The summed E-state index contributed by atoms with van der Waals surface area (Å²) in [5.74, 6) is -0.544. The molecule has 2 rings (SSSR count). The number of amides is 1. The average molecular weight is 303 g/mol. The summed E-state index contributed by atoms with van der Waals surface area (Å²) in [6.07, 6.45) is 3.13. The molecule has 1 aromatic rings. The predicted octanol–water partition coefficient (Wildman–Crippen LogP) is 3.67. The first-order chi connectivity index (χ1) is 10.4. The minimum atomic E-state index is -0.770. The monoisotopic (exact) mass is 303 g/mol. The molecule has 0 spiro atoms. The van der Waals surface area contributed by atoms with Crippen LogP contribution in [-0.4, -0.2) is 18.0 Å². The number of aryl methyl sites for hydroxylation is 3. The summed E-state index contributed by atoms with van der Waals surface area (Å²) in [6.45, 7) is 7.58. The van der Waals surface area contributed by atoms with Gasteiger partial charge >= 0.3 is 5.97 Å². The number of benzene rings is 1. The molecule has 1 aliphatic rings. The van der Waals surface area contributed by atoms with Crippen LogP contribution in [-0.2, 0) is 14.3 Å². The van der Waals surface area contributed by atoms with Gasteiger partial charge in [-0.05, 0) is 51.7 Å². The Balaban J connectivity index is 1.98. The van der Waals surface area contributed by atoms with Crippen molar-refractivity contribution in [2.75, 3.05) is 5.32 Å². The van der Waals surface area contributed by atoms with Gasteiger partial charge in [0.15, 0.2) is 6.10 Å². The molecule has 1 saturated carbocycles. The molecule has 1 atom stereocenters. The molecule has 120 valence electrons. The van der Waals surface area contributed by atoms with Gasteiger partial charge in [0.1, 0.15) is 0 Å². The van der Waals surface area contributed by atoms with Crippen molar-refractivity contribution in [3.63, 3.8) is 0 Å². The molecule has 1 aliphatic carbocycles. The zero-order chi connectivity index (χ0) is 16.3. The van der Waals surface area contributed by atoms with Gasteiger partial charge in [0.05, 0.1) is 5.92 Å². The lowest BCUT2D eigenvalue weighted by molar-refractivity contribution is -0.157. The van der Waals surface area contributed by atoms with Gasteiger partial charge in [0.2, 0.25) is 0 Å². The minimum absolute atomic E-state index is 0.0295. The van der Waals surface area contributed by atoms with E-state index in [4.69, 9.17) is 4.74 Å². The summed E-state index contributed by atoms with van der Waals surface area (Å²) < 4.78 is 5.32. The van der Waals surface area contributed by atoms with Gasteiger partial charge in [-0.1, -0.05) is 30.5 Å². The number of esters is 1. The molecule has 0 heterocycles. The third-order valence-electron chi connectivity index (χ3n) is 4.28. The summed E-state index contributed by atoms with van der Waals surface area (Å²) in [4.78, 5) is 24.3. The molecule has 22 heavy (non-hydrogen) atoms. The highest BCUT2D eigenvalue weighted by Gasteiger charge is 2.27. The van der Waals surface area contributed by atoms with Crippen LogP contribution in [0.25, 0.3) is 0 Å². The zero-order valence-corrected chi connectivity index (χ0v) is 13.9. The van der Waals surface area contributed by atoms with Crippen molar-refractivity contribution in [1.82, 2.24) is 0 Å². The van der Waals surface area contributed by atoms with Gasteiger partial charge in [0, 0.05) is 5.69 Å². The van der Waals surface area contributed by atoms with Crippen LogP contribution < -0.4 is 5.32 Å². The standard InChI is InChI=1S/C18H25NO3/c1-11-9-12(2)16(13(3)10-11)19-17(20)14(4)22-18(21)15-7-5-6-8-15/h9-10,14-15H,5-8H2,1-4H3,(H,19,20)/t14-/m1/s1. The first kappa shape index (κ1) is 16.5. The molecule has 0 radical (unpaired) electrons. The first-order valence-corrected chi connectivity index (χ1v) is 7.97. The lowest BCUT2D eigenvalue weighted by atomic mass is 10.0. The third-order valence-corrected chi connectivity index (χ3v) is 4.28. The fourth-order valence-electron chi connectivity index (χ4n) is 3.09. The van der Waals surface area contributed by atoms with Crippen LogP contribution in [0, 0.1) is 26.7 Å². The summed E-state index contributed by atoms with van der Waals surface area (Å²) in [5, 5.41) is 2.89. The van der Waals surface area contributed by atoms with Crippen LogP contribution in [0.2, 0.25) is 0 Å². The highest BCUT2D eigenvalue weighted by molar-refractivity contribution is 5.96. The van der Waals surface area contributed by atoms with E-state index in [2.05, 4.69) is 5.32 Å². The third kappa shape index (κ3) is 3.87. The van der Waals surface area contributed by atoms with E-state index in [1.165, 1.54) is 0 Å². The number of hydrogen-bond donors (Lipinski definition) is 1. The Morgan fingerprint density at radius 2 is 1.68 bits per heavy atom. The van der Waals surface area contributed by atoms with Crippen molar-refractivity contribution in [2.45, 2.75) is 59.5 Å². The van der Waals surface area contributed by atoms with Gasteiger partial charge in [-0.15, -0.1) is 0 Å². The summed E-state index contributed by atoms with van der Waals surface area (Å²) in [6, 6.07) is 4.05. The number of anilines is 1.